The maximum absolute atomic E-state index is 11.5. The SMILES string of the molecule is Cc1c(Cl)cc2[nH]c(=O)c(=O)[nH]c2c1N(C)CC(=O)O. The number of nitrogens with zero attached hydrogens (tertiary/aromatic N) is 1. The van der Waals surface area contributed by atoms with Gasteiger partial charge in [0.05, 0.1) is 16.7 Å². The Labute approximate surface area is 117 Å². The van der Waals surface area contributed by atoms with Crippen LogP contribution in [0.1, 0.15) is 5.56 Å². The van der Waals surface area contributed by atoms with Gasteiger partial charge in [-0.1, -0.05) is 11.6 Å². The van der Waals surface area contributed by atoms with Crippen LogP contribution in [0.3, 0.4) is 0 Å². The number of benzene rings is 1. The molecule has 7 nitrogen and oxygen atoms in total. The Morgan fingerprint density at radius 2 is 1.95 bits per heavy atom. The summed E-state index contributed by atoms with van der Waals surface area (Å²) in [6.45, 7) is 1.44. The summed E-state index contributed by atoms with van der Waals surface area (Å²) in [5.41, 5.74) is 0.181. The van der Waals surface area contributed by atoms with Gasteiger partial charge in [0.15, 0.2) is 0 Å². The van der Waals surface area contributed by atoms with Crippen molar-refractivity contribution in [3.8, 4) is 0 Å². The summed E-state index contributed by atoms with van der Waals surface area (Å²) in [5, 5.41) is 9.24. The van der Waals surface area contributed by atoms with Crippen LogP contribution < -0.4 is 16.0 Å². The summed E-state index contributed by atoms with van der Waals surface area (Å²) in [4.78, 5) is 39.9. The van der Waals surface area contributed by atoms with Gasteiger partial charge in [-0.2, -0.15) is 0 Å². The number of hydrogen-bond acceptors (Lipinski definition) is 4. The zero-order chi connectivity index (χ0) is 15.0. The molecule has 0 fully saturated rings. The van der Waals surface area contributed by atoms with E-state index < -0.39 is 17.1 Å². The van der Waals surface area contributed by atoms with Crippen molar-refractivity contribution in [1.29, 1.82) is 0 Å². The molecule has 1 aromatic carbocycles. The number of halogens is 1. The number of fused-ring (bicyclic) bond motifs is 1. The topological polar surface area (TPSA) is 106 Å². The van der Waals surface area contributed by atoms with Gasteiger partial charge in [-0.05, 0) is 18.6 Å². The molecule has 2 rings (SSSR count). The zero-order valence-corrected chi connectivity index (χ0v) is 11.5. The van der Waals surface area contributed by atoms with E-state index in [-0.39, 0.29) is 6.54 Å². The van der Waals surface area contributed by atoms with Gasteiger partial charge in [0, 0.05) is 12.1 Å². The summed E-state index contributed by atoms with van der Waals surface area (Å²) in [7, 11) is 1.57. The number of likely N-dealkylation sites (N-methyl/N-ethyl adjacent to an activating group) is 1. The molecule has 20 heavy (non-hydrogen) atoms. The fourth-order valence-corrected chi connectivity index (χ4v) is 2.27. The highest BCUT2D eigenvalue weighted by molar-refractivity contribution is 6.32. The number of H-pyrrole nitrogens is 2. The van der Waals surface area contributed by atoms with Gasteiger partial charge in [-0.25, -0.2) is 0 Å². The number of aromatic nitrogens is 2. The lowest BCUT2D eigenvalue weighted by molar-refractivity contribution is -0.135. The first-order valence-electron chi connectivity index (χ1n) is 5.69. The first-order valence-corrected chi connectivity index (χ1v) is 6.07. The van der Waals surface area contributed by atoms with Crippen molar-refractivity contribution >= 4 is 34.3 Å². The fraction of sp³-hybridized carbons (Fsp3) is 0.250. The van der Waals surface area contributed by atoms with Gasteiger partial charge in [0.1, 0.15) is 6.54 Å². The van der Waals surface area contributed by atoms with Crippen LogP contribution >= 0.6 is 11.6 Å². The van der Waals surface area contributed by atoms with Crippen molar-refractivity contribution in [1.82, 2.24) is 9.97 Å². The van der Waals surface area contributed by atoms with E-state index >= 15 is 0 Å². The third kappa shape index (κ3) is 2.39. The van der Waals surface area contributed by atoms with E-state index in [1.54, 1.807) is 14.0 Å². The number of aliphatic carboxylic acids is 1. The molecule has 3 N–H and O–H groups in total. The number of rotatable bonds is 3. The van der Waals surface area contributed by atoms with Crippen LogP contribution in [0.15, 0.2) is 15.7 Å². The molecule has 0 unspecified atom stereocenters. The summed E-state index contributed by atoms with van der Waals surface area (Å²) < 4.78 is 0. The summed E-state index contributed by atoms with van der Waals surface area (Å²) in [5.74, 6) is -1.02. The number of carboxylic acid groups (broad SMARTS) is 1. The van der Waals surface area contributed by atoms with Gasteiger partial charge in [0.2, 0.25) is 0 Å². The minimum absolute atomic E-state index is 0.266. The van der Waals surface area contributed by atoms with Crippen LogP contribution in [-0.4, -0.2) is 34.6 Å². The number of carboxylic acids is 1. The standard InChI is InChI=1S/C12H12ClN3O4/c1-5-6(13)3-7-9(15-12(20)11(19)14-7)10(5)16(2)4-8(17)18/h3H,4H2,1-2H3,(H,14,19)(H,15,20)(H,17,18). The lowest BCUT2D eigenvalue weighted by atomic mass is 10.1. The van der Waals surface area contributed by atoms with Gasteiger partial charge in [0.25, 0.3) is 0 Å². The van der Waals surface area contributed by atoms with Crippen LogP contribution in [0.4, 0.5) is 5.69 Å². The molecule has 0 bridgehead atoms. The monoisotopic (exact) mass is 297 g/mol. The van der Waals surface area contributed by atoms with Gasteiger partial charge in [-0.3, -0.25) is 14.4 Å². The Bertz CT molecular complexity index is 809. The second kappa shape index (κ2) is 5.01. The summed E-state index contributed by atoms with van der Waals surface area (Å²) in [6.07, 6.45) is 0. The number of anilines is 1. The summed E-state index contributed by atoms with van der Waals surface area (Å²) in [6, 6.07) is 1.52. The van der Waals surface area contributed by atoms with E-state index in [2.05, 4.69) is 9.97 Å². The Balaban J connectivity index is 2.82. The minimum Gasteiger partial charge on any atom is -0.480 e. The van der Waals surface area contributed by atoms with Gasteiger partial charge >= 0.3 is 17.1 Å². The highest BCUT2D eigenvalue weighted by atomic mass is 35.5. The molecule has 0 saturated heterocycles. The minimum atomic E-state index is -1.02. The van der Waals surface area contributed by atoms with Crippen molar-refractivity contribution in [2.45, 2.75) is 6.92 Å². The molecule has 106 valence electrons. The Hall–Kier alpha value is -2.28. The molecule has 0 aliphatic heterocycles. The lowest BCUT2D eigenvalue weighted by Crippen LogP contribution is -2.31. The van der Waals surface area contributed by atoms with Gasteiger partial charge < -0.3 is 20.0 Å². The number of aromatic amines is 2. The average molecular weight is 298 g/mol. The molecular formula is C12H12ClN3O4. The van der Waals surface area contributed by atoms with Crippen molar-refractivity contribution in [3.05, 3.63) is 37.4 Å². The molecule has 0 amide bonds. The Morgan fingerprint density at radius 1 is 1.35 bits per heavy atom. The molecule has 0 aliphatic rings. The smallest absolute Gasteiger partial charge is 0.323 e. The largest absolute Gasteiger partial charge is 0.480 e. The predicted octanol–water partition coefficient (Wildman–Crippen LogP) is 0.699. The Kier molecular flexibility index (Phi) is 3.54. The highest BCUT2D eigenvalue weighted by Crippen LogP contribution is 2.32. The van der Waals surface area contributed by atoms with E-state index in [4.69, 9.17) is 16.7 Å². The van der Waals surface area contributed by atoms with Gasteiger partial charge in [-0.15, -0.1) is 0 Å². The van der Waals surface area contributed by atoms with E-state index in [9.17, 15) is 14.4 Å². The Morgan fingerprint density at radius 3 is 2.55 bits per heavy atom. The van der Waals surface area contributed by atoms with Crippen LogP contribution in [0, 0.1) is 6.92 Å². The first kappa shape index (κ1) is 14.1. The maximum Gasteiger partial charge on any atom is 0.323 e. The van der Waals surface area contributed by atoms with Crippen LogP contribution in [-0.2, 0) is 4.79 Å². The molecule has 0 spiro atoms. The van der Waals surface area contributed by atoms with Crippen molar-refractivity contribution in [3.63, 3.8) is 0 Å². The third-order valence-electron chi connectivity index (χ3n) is 2.94. The van der Waals surface area contributed by atoms with E-state index in [0.717, 1.165) is 0 Å². The molecule has 0 aliphatic carbocycles. The average Bonchev–Trinajstić information content (AvgIpc) is 2.32. The van der Waals surface area contributed by atoms with Crippen molar-refractivity contribution in [2.24, 2.45) is 0 Å². The quantitative estimate of drug-likeness (QED) is 0.723. The molecule has 1 heterocycles. The molecule has 0 atom stereocenters. The van der Waals surface area contributed by atoms with E-state index in [1.165, 1.54) is 11.0 Å². The molecule has 2 aromatic rings. The number of nitrogens with one attached hydrogen (secondary N) is 2. The lowest BCUT2D eigenvalue weighted by Gasteiger charge is -2.21. The van der Waals surface area contributed by atoms with Crippen LogP contribution in [0.2, 0.25) is 5.02 Å². The second-order valence-corrected chi connectivity index (χ2v) is 4.82. The normalized spacial score (nSPS) is 10.8. The molecule has 0 saturated carbocycles. The van der Waals surface area contributed by atoms with E-state index in [0.29, 0.717) is 27.3 Å². The predicted molar refractivity (Wildman–Crippen MR) is 75.8 cm³/mol. The molecule has 8 heteroatoms. The maximum atomic E-state index is 11.5. The summed E-state index contributed by atoms with van der Waals surface area (Å²) >= 11 is 6.08. The van der Waals surface area contributed by atoms with E-state index in [1.807, 2.05) is 0 Å². The highest BCUT2D eigenvalue weighted by Gasteiger charge is 2.16. The van der Waals surface area contributed by atoms with Crippen molar-refractivity contribution in [2.75, 3.05) is 18.5 Å². The zero-order valence-electron chi connectivity index (χ0n) is 10.8. The molecular weight excluding hydrogens is 286 g/mol. The van der Waals surface area contributed by atoms with Crippen LogP contribution in [0.25, 0.3) is 11.0 Å². The molecule has 0 radical (unpaired) electrons. The van der Waals surface area contributed by atoms with Crippen molar-refractivity contribution < 1.29 is 9.90 Å². The molecule has 1 aromatic heterocycles. The number of carbonyl (C=O) groups is 1. The third-order valence-corrected chi connectivity index (χ3v) is 3.33. The first-order chi connectivity index (χ1) is 9.31. The fourth-order valence-electron chi connectivity index (χ4n) is 2.07. The van der Waals surface area contributed by atoms with Crippen LogP contribution in [0.5, 0.6) is 0 Å². The second-order valence-electron chi connectivity index (χ2n) is 4.41. The number of hydrogen-bond donors (Lipinski definition) is 3.